The molecule has 1 N–H and O–H groups in total. The summed E-state index contributed by atoms with van der Waals surface area (Å²) in [4.78, 5) is 4.02. The van der Waals surface area contributed by atoms with Crippen LogP contribution >= 0.6 is 34.5 Å². The molecule has 1 heterocycles. The Morgan fingerprint density at radius 1 is 1.31 bits per heavy atom. The Labute approximate surface area is 107 Å². The maximum atomic E-state index is 5.97. The van der Waals surface area contributed by atoms with Gasteiger partial charge in [-0.2, -0.15) is 5.10 Å². The van der Waals surface area contributed by atoms with Gasteiger partial charge in [-0.3, -0.25) is 5.43 Å². The first kappa shape index (κ1) is 11.4. The summed E-state index contributed by atoms with van der Waals surface area (Å²) in [6.07, 6.45) is 3.27. The van der Waals surface area contributed by atoms with E-state index in [1.54, 1.807) is 30.6 Å². The third kappa shape index (κ3) is 2.72. The standard InChI is InChI=1S/C10H7Cl2N3S/c11-8-2-1-3-9(12)7(8)6-14-15-10-13-4-5-16-10/h1-6H,(H,13,15). The molecule has 0 aliphatic carbocycles. The lowest BCUT2D eigenvalue weighted by Gasteiger charge is -1.99. The van der Waals surface area contributed by atoms with E-state index in [9.17, 15) is 0 Å². The lowest BCUT2D eigenvalue weighted by Crippen LogP contribution is -1.91. The van der Waals surface area contributed by atoms with Gasteiger partial charge >= 0.3 is 0 Å². The third-order valence-corrected chi connectivity index (χ3v) is 3.12. The highest BCUT2D eigenvalue weighted by atomic mass is 35.5. The summed E-state index contributed by atoms with van der Waals surface area (Å²) in [7, 11) is 0. The molecule has 1 aromatic carbocycles. The maximum absolute atomic E-state index is 5.97. The number of aromatic nitrogens is 1. The second-order valence-electron chi connectivity index (χ2n) is 2.84. The summed E-state index contributed by atoms with van der Waals surface area (Å²) in [5.41, 5.74) is 3.48. The molecule has 0 aliphatic heterocycles. The number of nitrogens with zero attached hydrogens (tertiary/aromatic N) is 2. The van der Waals surface area contributed by atoms with E-state index in [-0.39, 0.29) is 0 Å². The van der Waals surface area contributed by atoms with Crippen LogP contribution in [0.1, 0.15) is 5.56 Å². The molecule has 82 valence electrons. The highest BCUT2D eigenvalue weighted by Gasteiger charge is 2.01. The zero-order valence-corrected chi connectivity index (χ0v) is 10.4. The van der Waals surface area contributed by atoms with Crippen LogP contribution in [0.25, 0.3) is 0 Å². The molecule has 0 spiro atoms. The van der Waals surface area contributed by atoms with Crippen molar-refractivity contribution in [1.82, 2.24) is 4.98 Å². The van der Waals surface area contributed by atoms with Crippen LogP contribution in [-0.2, 0) is 0 Å². The molecule has 16 heavy (non-hydrogen) atoms. The molecule has 0 atom stereocenters. The second-order valence-corrected chi connectivity index (χ2v) is 4.55. The van der Waals surface area contributed by atoms with Crippen LogP contribution in [0.5, 0.6) is 0 Å². The van der Waals surface area contributed by atoms with Crippen LogP contribution in [0.4, 0.5) is 5.13 Å². The number of nitrogens with one attached hydrogen (secondary N) is 1. The van der Waals surface area contributed by atoms with E-state index < -0.39 is 0 Å². The summed E-state index contributed by atoms with van der Waals surface area (Å²) in [5.74, 6) is 0. The molecule has 0 saturated heterocycles. The SMILES string of the molecule is Clc1cccc(Cl)c1C=NNc1nccs1. The first-order chi connectivity index (χ1) is 7.77. The number of thiazole rings is 1. The first-order valence-electron chi connectivity index (χ1n) is 4.40. The average molecular weight is 272 g/mol. The van der Waals surface area contributed by atoms with Crippen LogP contribution in [-0.4, -0.2) is 11.2 Å². The number of hydrogen-bond acceptors (Lipinski definition) is 4. The molecule has 2 rings (SSSR count). The number of benzene rings is 1. The minimum atomic E-state index is 0.567. The average Bonchev–Trinajstić information content (AvgIpc) is 2.75. The normalized spacial score (nSPS) is 10.9. The van der Waals surface area contributed by atoms with Gasteiger partial charge in [0.2, 0.25) is 5.13 Å². The molecular formula is C10H7Cl2N3S. The monoisotopic (exact) mass is 271 g/mol. The van der Waals surface area contributed by atoms with E-state index in [1.165, 1.54) is 11.3 Å². The number of anilines is 1. The Bertz CT molecular complexity index is 477. The quantitative estimate of drug-likeness (QED) is 0.679. The smallest absolute Gasteiger partial charge is 0.203 e. The molecule has 0 fully saturated rings. The summed E-state index contributed by atoms with van der Waals surface area (Å²) in [6.45, 7) is 0. The molecule has 0 aliphatic rings. The molecule has 0 amide bonds. The Kier molecular flexibility index (Phi) is 3.77. The minimum absolute atomic E-state index is 0.567. The highest BCUT2D eigenvalue weighted by molar-refractivity contribution is 7.13. The van der Waals surface area contributed by atoms with Crippen LogP contribution in [0, 0.1) is 0 Å². The van der Waals surface area contributed by atoms with Crippen molar-refractivity contribution in [2.24, 2.45) is 5.10 Å². The number of halogens is 2. The van der Waals surface area contributed by atoms with Gasteiger partial charge in [-0.05, 0) is 12.1 Å². The zero-order chi connectivity index (χ0) is 11.4. The van der Waals surface area contributed by atoms with E-state index in [0.717, 1.165) is 5.13 Å². The van der Waals surface area contributed by atoms with Gasteiger partial charge in [0.1, 0.15) is 0 Å². The van der Waals surface area contributed by atoms with Gasteiger partial charge in [-0.25, -0.2) is 4.98 Å². The van der Waals surface area contributed by atoms with Gasteiger partial charge in [-0.15, -0.1) is 11.3 Å². The van der Waals surface area contributed by atoms with Crippen molar-refractivity contribution in [2.75, 3.05) is 5.43 Å². The summed E-state index contributed by atoms with van der Waals surface area (Å²) in [6, 6.07) is 5.31. The van der Waals surface area contributed by atoms with Crippen molar-refractivity contribution in [1.29, 1.82) is 0 Å². The topological polar surface area (TPSA) is 37.3 Å². The van der Waals surface area contributed by atoms with Gasteiger partial charge in [0, 0.05) is 17.1 Å². The van der Waals surface area contributed by atoms with Crippen molar-refractivity contribution in [3.8, 4) is 0 Å². The second kappa shape index (κ2) is 5.30. The number of rotatable bonds is 3. The van der Waals surface area contributed by atoms with Crippen molar-refractivity contribution in [3.05, 3.63) is 45.4 Å². The van der Waals surface area contributed by atoms with E-state index >= 15 is 0 Å². The van der Waals surface area contributed by atoms with Crippen molar-refractivity contribution in [2.45, 2.75) is 0 Å². The molecule has 0 unspecified atom stereocenters. The van der Waals surface area contributed by atoms with Gasteiger partial charge in [0.25, 0.3) is 0 Å². The van der Waals surface area contributed by atoms with Crippen LogP contribution in [0.15, 0.2) is 34.9 Å². The largest absolute Gasteiger partial charge is 0.253 e. The lowest BCUT2D eigenvalue weighted by atomic mass is 10.2. The maximum Gasteiger partial charge on any atom is 0.203 e. The Morgan fingerprint density at radius 3 is 2.69 bits per heavy atom. The summed E-state index contributed by atoms with van der Waals surface area (Å²) in [5, 5.41) is 7.73. The lowest BCUT2D eigenvalue weighted by molar-refractivity contribution is 1.29. The van der Waals surface area contributed by atoms with Crippen LogP contribution < -0.4 is 5.43 Å². The summed E-state index contributed by atoms with van der Waals surface area (Å²) < 4.78 is 0. The summed E-state index contributed by atoms with van der Waals surface area (Å²) >= 11 is 13.4. The molecule has 0 bridgehead atoms. The minimum Gasteiger partial charge on any atom is -0.253 e. The van der Waals surface area contributed by atoms with E-state index in [4.69, 9.17) is 23.2 Å². The Hall–Kier alpha value is -1.10. The van der Waals surface area contributed by atoms with Gasteiger partial charge < -0.3 is 0 Å². The third-order valence-electron chi connectivity index (χ3n) is 1.79. The number of hydrazone groups is 1. The molecule has 3 nitrogen and oxygen atoms in total. The van der Waals surface area contributed by atoms with Gasteiger partial charge in [-0.1, -0.05) is 29.3 Å². The van der Waals surface area contributed by atoms with E-state index in [1.807, 2.05) is 5.38 Å². The predicted octanol–water partition coefficient (Wildman–Crippen LogP) is 3.90. The molecule has 6 heteroatoms. The van der Waals surface area contributed by atoms with E-state index in [0.29, 0.717) is 15.6 Å². The highest BCUT2D eigenvalue weighted by Crippen LogP contribution is 2.22. The predicted molar refractivity (Wildman–Crippen MR) is 69.8 cm³/mol. The van der Waals surface area contributed by atoms with Crippen molar-refractivity contribution >= 4 is 45.9 Å². The Morgan fingerprint density at radius 2 is 2.06 bits per heavy atom. The van der Waals surface area contributed by atoms with Gasteiger partial charge in [0.15, 0.2) is 0 Å². The fraction of sp³-hybridized carbons (Fsp3) is 0. The molecule has 0 radical (unpaired) electrons. The van der Waals surface area contributed by atoms with E-state index in [2.05, 4.69) is 15.5 Å². The molecule has 2 aromatic rings. The molecule has 1 aromatic heterocycles. The van der Waals surface area contributed by atoms with Crippen LogP contribution in [0.3, 0.4) is 0 Å². The zero-order valence-electron chi connectivity index (χ0n) is 8.02. The fourth-order valence-corrected chi connectivity index (χ4v) is 2.04. The number of hydrogen-bond donors (Lipinski definition) is 1. The van der Waals surface area contributed by atoms with Crippen molar-refractivity contribution in [3.63, 3.8) is 0 Å². The first-order valence-corrected chi connectivity index (χ1v) is 6.03. The fourth-order valence-electron chi connectivity index (χ4n) is 1.06. The molecular weight excluding hydrogens is 265 g/mol. The van der Waals surface area contributed by atoms with Crippen LogP contribution in [0.2, 0.25) is 10.0 Å². The van der Waals surface area contributed by atoms with Crippen molar-refractivity contribution < 1.29 is 0 Å². The van der Waals surface area contributed by atoms with Gasteiger partial charge in [0.05, 0.1) is 16.3 Å². The Balaban J connectivity index is 2.12. The molecule has 0 saturated carbocycles.